The third-order valence-corrected chi connectivity index (χ3v) is 8.23. The van der Waals surface area contributed by atoms with Gasteiger partial charge in [-0.05, 0) is 48.4 Å². The van der Waals surface area contributed by atoms with Crippen molar-refractivity contribution in [3.63, 3.8) is 0 Å². The van der Waals surface area contributed by atoms with Crippen LogP contribution >= 0.6 is 11.6 Å². The Morgan fingerprint density at radius 2 is 1.89 bits per heavy atom. The molecule has 38 heavy (non-hydrogen) atoms. The first-order valence-corrected chi connectivity index (χ1v) is 13.4. The van der Waals surface area contributed by atoms with Gasteiger partial charge in [-0.15, -0.1) is 0 Å². The molecule has 2 aromatic heterocycles. The summed E-state index contributed by atoms with van der Waals surface area (Å²) in [5.41, 5.74) is 3.99. The molecule has 0 N–H and O–H groups in total. The Morgan fingerprint density at radius 3 is 2.66 bits per heavy atom. The van der Waals surface area contributed by atoms with E-state index in [0.29, 0.717) is 23.4 Å². The molecule has 0 amide bonds. The molecule has 2 fully saturated rings. The molecule has 1 spiro atoms. The van der Waals surface area contributed by atoms with Crippen molar-refractivity contribution < 1.29 is 23.8 Å². The van der Waals surface area contributed by atoms with E-state index in [0.717, 1.165) is 32.4 Å². The molecule has 0 saturated carbocycles. The number of nitrogens with zero attached hydrogens (tertiary/aromatic N) is 5. The molecule has 2 saturated heterocycles. The van der Waals surface area contributed by atoms with E-state index in [1.165, 1.54) is 25.0 Å². The van der Waals surface area contributed by atoms with E-state index in [4.69, 9.17) is 25.8 Å². The van der Waals surface area contributed by atoms with Crippen LogP contribution in [0.1, 0.15) is 57.4 Å². The average Bonchev–Trinajstić information content (AvgIpc) is 3.65. The van der Waals surface area contributed by atoms with Crippen LogP contribution in [0.2, 0.25) is 5.28 Å². The standard InChI is InChI=1S/C27H30ClN5O5/c1-4-19-21(36-15(2)34)22(37-16(3)35)25(38-19)33-14-29-20-23(30-26(28)31-24(20)33)32-12-11-27(13-32)10-9-17-7-5-6-8-18(17)27/h5-8,14,19,21-22,25H,4,9-13H2,1-3H3/t19-,21?,22+,25-,27?/m1/s1. The molecular formula is C27H30ClN5O5. The van der Waals surface area contributed by atoms with Crippen LogP contribution in [0.15, 0.2) is 30.6 Å². The van der Waals surface area contributed by atoms with Gasteiger partial charge in [0.25, 0.3) is 0 Å². The van der Waals surface area contributed by atoms with Crippen LogP contribution in [-0.2, 0) is 35.6 Å². The SMILES string of the molecule is CC[C@H]1O[C@@H](n2cnc3c(N4CCC5(CCc6ccccc65)C4)nc(Cl)nc32)[C@@H](OC(C)=O)C1OC(C)=O. The maximum Gasteiger partial charge on any atom is 0.303 e. The normalized spacial score (nSPS) is 28.3. The van der Waals surface area contributed by atoms with Crippen LogP contribution in [0.5, 0.6) is 0 Å². The highest BCUT2D eigenvalue weighted by Gasteiger charge is 2.50. The highest BCUT2D eigenvalue weighted by atomic mass is 35.5. The number of ether oxygens (including phenoxy) is 3. The fourth-order valence-corrected chi connectivity index (χ4v) is 6.60. The van der Waals surface area contributed by atoms with Crippen molar-refractivity contribution in [3.8, 4) is 0 Å². The molecule has 2 unspecified atom stereocenters. The first kappa shape index (κ1) is 25.1. The summed E-state index contributed by atoms with van der Waals surface area (Å²) >= 11 is 6.46. The lowest BCUT2D eigenvalue weighted by Gasteiger charge is -2.26. The molecule has 1 aliphatic carbocycles. The fraction of sp³-hybridized carbons (Fsp3) is 0.519. The highest BCUT2D eigenvalue weighted by Crippen LogP contribution is 2.47. The zero-order chi connectivity index (χ0) is 26.6. The summed E-state index contributed by atoms with van der Waals surface area (Å²) in [6.45, 7) is 6.20. The quantitative estimate of drug-likeness (QED) is 0.354. The molecule has 6 rings (SSSR count). The highest BCUT2D eigenvalue weighted by molar-refractivity contribution is 6.28. The number of anilines is 1. The summed E-state index contributed by atoms with van der Waals surface area (Å²) in [7, 11) is 0. The Balaban J connectivity index is 1.37. The third-order valence-electron chi connectivity index (χ3n) is 8.06. The van der Waals surface area contributed by atoms with Crippen LogP contribution in [0, 0.1) is 0 Å². The summed E-state index contributed by atoms with van der Waals surface area (Å²) in [6, 6.07) is 8.69. The minimum Gasteiger partial charge on any atom is -0.456 e. The molecule has 4 heterocycles. The van der Waals surface area contributed by atoms with Crippen LogP contribution < -0.4 is 4.90 Å². The van der Waals surface area contributed by atoms with Gasteiger partial charge in [0, 0.05) is 32.4 Å². The van der Waals surface area contributed by atoms with Gasteiger partial charge in [0.2, 0.25) is 5.28 Å². The lowest BCUT2D eigenvalue weighted by Crippen LogP contribution is -2.38. The Kier molecular flexibility index (Phi) is 6.26. The number of aromatic nitrogens is 4. The molecule has 200 valence electrons. The summed E-state index contributed by atoms with van der Waals surface area (Å²) in [6.07, 6.45) is 2.45. The van der Waals surface area contributed by atoms with Crippen LogP contribution in [0.25, 0.3) is 11.2 Å². The molecule has 2 aliphatic heterocycles. The van der Waals surface area contributed by atoms with Gasteiger partial charge < -0.3 is 19.1 Å². The monoisotopic (exact) mass is 539 g/mol. The molecule has 10 nitrogen and oxygen atoms in total. The van der Waals surface area contributed by atoms with Gasteiger partial charge in [0.15, 0.2) is 35.4 Å². The second kappa shape index (κ2) is 9.50. The number of carbonyl (C=O) groups is 2. The lowest BCUT2D eigenvalue weighted by atomic mass is 9.81. The minimum atomic E-state index is -0.874. The Labute approximate surface area is 225 Å². The van der Waals surface area contributed by atoms with E-state index in [9.17, 15) is 9.59 Å². The van der Waals surface area contributed by atoms with Crippen LogP contribution in [0.3, 0.4) is 0 Å². The number of hydrogen-bond donors (Lipinski definition) is 0. The van der Waals surface area contributed by atoms with E-state index >= 15 is 0 Å². The van der Waals surface area contributed by atoms with Gasteiger partial charge in [0.1, 0.15) is 6.10 Å². The second-order valence-corrected chi connectivity index (χ2v) is 10.7. The van der Waals surface area contributed by atoms with Crippen LogP contribution in [-0.4, -0.2) is 62.9 Å². The number of fused-ring (bicyclic) bond motifs is 3. The molecule has 11 heteroatoms. The molecular weight excluding hydrogens is 510 g/mol. The van der Waals surface area contributed by atoms with Crippen molar-refractivity contribution in [2.24, 2.45) is 0 Å². The van der Waals surface area contributed by atoms with Gasteiger partial charge in [-0.1, -0.05) is 31.2 Å². The number of carbonyl (C=O) groups excluding carboxylic acids is 2. The van der Waals surface area contributed by atoms with Gasteiger partial charge >= 0.3 is 11.9 Å². The smallest absolute Gasteiger partial charge is 0.303 e. The number of benzene rings is 1. The van der Waals surface area contributed by atoms with Crippen molar-refractivity contribution in [3.05, 3.63) is 47.0 Å². The number of halogens is 1. The minimum absolute atomic E-state index is 0.0868. The number of rotatable bonds is 5. The lowest BCUT2D eigenvalue weighted by molar-refractivity contribution is -0.165. The van der Waals surface area contributed by atoms with Gasteiger partial charge in [-0.25, -0.2) is 4.98 Å². The van der Waals surface area contributed by atoms with E-state index in [1.807, 2.05) is 6.92 Å². The Bertz CT molecular complexity index is 1410. The van der Waals surface area contributed by atoms with Gasteiger partial charge in [-0.3, -0.25) is 14.2 Å². The Morgan fingerprint density at radius 1 is 1.13 bits per heavy atom. The summed E-state index contributed by atoms with van der Waals surface area (Å²) in [5, 5.41) is 0.0904. The number of esters is 2. The maximum atomic E-state index is 12.0. The van der Waals surface area contributed by atoms with Gasteiger partial charge in [0.05, 0.1) is 6.33 Å². The van der Waals surface area contributed by atoms with Crippen molar-refractivity contribution in [2.75, 3.05) is 18.0 Å². The molecule has 3 aromatic rings. The zero-order valence-electron chi connectivity index (χ0n) is 21.6. The summed E-state index contributed by atoms with van der Waals surface area (Å²) in [4.78, 5) is 39.8. The first-order valence-electron chi connectivity index (χ1n) is 13.0. The maximum absolute atomic E-state index is 12.0. The van der Waals surface area contributed by atoms with Crippen molar-refractivity contribution in [2.45, 2.75) is 76.4 Å². The third kappa shape index (κ3) is 4.10. The molecule has 5 atom stereocenters. The second-order valence-electron chi connectivity index (χ2n) is 10.4. The Hall–Kier alpha value is -3.24. The molecule has 1 aromatic carbocycles. The first-order chi connectivity index (χ1) is 18.3. The largest absolute Gasteiger partial charge is 0.456 e. The topological polar surface area (TPSA) is 109 Å². The van der Waals surface area contributed by atoms with E-state index in [1.54, 1.807) is 10.9 Å². The fourth-order valence-electron chi connectivity index (χ4n) is 6.44. The van der Waals surface area contributed by atoms with E-state index in [-0.39, 0.29) is 10.7 Å². The predicted molar refractivity (Wildman–Crippen MR) is 139 cm³/mol. The number of aryl methyl sites for hydroxylation is 1. The average molecular weight is 540 g/mol. The number of hydrogen-bond acceptors (Lipinski definition) is 9. The number of imidazole rings is 1. The summed E-state index contributed by atoms with van der Waals surface area (Å²) < 4.78 is 19.1. The molecule has 0 bridgehead atoms. The zero-order valence-corrected chi connectivity index (χ0v) is 22.3. The van der Waals surface area contributed by atoms with E-state index in [2.05, 4.69) is 44.1 Å². The molecule has 3 aliphatic rings. The van der Waals surface area contributed by atoms with Crippen molar-refractivity contribution >= 4 is 40.5 Å². The van der Waals surface area contributed by atoms with Crippen molar-refractivity contribution in [1.82, 2.24) is 19.5 Å². The van der Waals surface area contributed by atoms with E-state index < -0.39 is 36.5 Å². The van der Waals surface area contributed by atoms with Gasteiger partial charge in [-0.2, -0.15) is 9.97 Å². The molecule has 0 radical (unpaired) electrons. The summed E-state index contributed by atoms with van der Waals surface area (Å²) in [5.74, 6) is -0.311. The van der Waals surface area contributed by atoms with Crippen LogP contribution in [0.4, 0.5) is 5.82 Å². The van der Waals surface area contributed by atoms with Crippen molar-refractivity contribution in [1.29, 1.82) is 0 Å². The predicted octanol–water partition coefficient (Wildman–Crippen LogP) is 3.74.